The number of carbonyl (C=O) groups is 1. The molecule has 0 atom stereocenters. The van der Waals surface area contributed by atoms with Crippen LogP contribution in [0.15, 0.2) is 30.6 Å². The molecule has 1 aromatic carbocycles. The standard InChI is InChI=1S/C18H22N4O3/c1-13(2)16-5-3-4-14-11-20(8-6-17(14)16)18(23)7-9-21-12-15(10-19-21)22(24)25/h3-5,10,12-13H,6-9,11H2,1-2H3. The van der Waals surface area contributed by atoms with Crippen molar-refractivity contribution in [1.29, 1.82) is 0 Å². The van der Waals surface area contributed by atoms with Crippen LogP contribution >= 0.6 is 0 Å². The number of nitrogens with zero attached hydrogens (tertiary/aromatic N) is 4. The van der Waals surface area contributed by atoms with Crippen molar-refractivity contribution in [1.82, 2.24) is 14.7 Å². The van der Waals surface area contributed by atoms with Crippen molar-refractivity contribution in [2.45, 2.75) is 45.7 Å². The van der Waals surface area contributed by atoms with Crippen LogP contribution in [0.3, 0.4) is 0 Å². The van der Waals surface area contributed by atoms with E-state index in [-0.39, 0.29) is 18.0 Å². The predicted octanol–water partition coefficient (Wildman–Crippen LogP) is 2.89. The van der Waals surface area contributed by atoms with E-state index in [1.165, 1.54) is 33.8 Å². The molecule has 1 aromatic heterocycles. The summed E-state index contributed by atoms with van der Waals surface area (Å²) in [4.78, 5) is 24.5. The van der Waals surface area contributed by atoms with Gasteiger partial charge in [0.1, 0.15) is 12.4 Å². The number of amides is 1. The number of hydrogen-bond acceptors (Lipinski definition) is 4. The van der Waals surface area contributed by atoms with Gasteiger partial charge in [0.15, 0.2) is 0 Å². The third-order valence-electron chi connectivity index (χ3n) is 4.66. The average Bonchev–Trinajstić information content (AvgIpc) is 3.07. The molecule has 132 valence electrons. The van der Waals surface area contributed by atoms with E-state index in [0.29, 0.717) is 19.0 Å². The third kappa shape index (κ3) is 3.70. The Morgan fingerprint density at radius 1 is 1.40 bits per heavy atom. The number of carbonyl (C=O) groups excluding carboxylic acids is 1. The molecule has 0 fully saturated rings. The minimum absolute atomic E-state index is 0.0544. The molecule has 0 saturated heterocycles. The number of nitro groups is 1. The normalized spacial score (nSPS) is 13.8. The molecule has 1 amide bonds. The molecule has 1 aliphatic rings. The number of fused-ring (bicyclic) bond motifs is 1. The predicted molar refractivity (Wildman–Crippen MR) is 93.2 cm³/mol. The Balaban J connectivity index is 1.62. The van der Waals surface area contributed by atoms with E-state index in [4.69, 9.17) is 0 Å². The van der Waals surface area contributed by atoms with Crippen molar-refractivity contribution in [3.8, 4) is 0 Å². The lowest BCUT2D eigenvalue weighted by Gasteiger charge is -2.31. The summed E-state index contributed by atoms with van der Waals surface area (Å²) < 4.78 is 1.45. The molecule has 0 spiro atoms. The first-order chi connectivity index (χ1) is 12.0. The van der Waals surface area contributed by atoms with Gasteiger partial charge in [-0.15, -0.1) is 0 Å². The van der Waals surface area contributed by atoms with E-state index in [2.05, 4.69) is 37.1 Å². The lowest BCUT2D eigenvalue weighted by molar-refractivity contribution is -0.385. The molecule has 2 heterocycles. The first-order valence-electron chi connectivity index (χ1n) is 8.51. The summed E-state index contributed by atoms with van der Waals surface area (Å²) in [7, 11) is 0. The molecule has 25 heavy (non-hydrogen) atoms. The molecular weight excluding hydrogens is 320 g/mol. The van der Waals surface area contributed by atoms with E-state index < -0.39 is 4.92 Å². The fourth-order valence-corrected chi connectivity index (χ4v) is 3.33. The fourth-order valence-electron chi connectivity index (χ4n) is 3.33. The summed E-state index contributed by atoms with van der Waals surface area (Å²) >= 11 is 0. The Bertz CT molecular complexity index is 797. The number of hydrogen-bond donors (Lipinski definition) is 0. The zero-order chi connectivity index (χ0) is 18.0. The molecule has 7 heteroatoms. The molecule has 0 unspecified atom stereocenters. The molecule has 2 aromatic rings. The van der Waals surface area contributed by atoms with Gasteiger partial charge in [0.25, 0.3) is 0 Å². The number of benzene rings is 1. The van der Waals surface area contributed by atoms with E-state index in [0.717, 1.165) is 13.0 Å². The Hall–Kier alpha value is -2.70. The van der Waals surface area contributed by atoms with Gasteiger partial charge in [-0.25, -0.2) is 0 Å². The van der Waals surface area contributed by atoms with Crippen molar-refractivity contribution >= 4 is 11.6 Å². The maximum Gasteiger partial charge on any atom is 0.306 e. The summed E-state index contributed by atoms with van der Waals surface area (Å²) in [6.45, 7) is 6.08. The van der Waals surface area contributed by atoms with Gasteiger partial charge < -0.3 is 4.90 Å². The molecule has 1 aliphatic heterocycles. The lowest BCUT2D eigenvalue weighted by atomic mass is 9.89. The summed E-state index contributed by atoms with van der Waals surface area (Å²) in [6, 6.07) is 6.33. The van der Waals surface area contributed by atoms with Crippen LogP contribution in [0.2, 0.25) is 0 Å². The van der Waals surface area contributed by atoms with Gasteiger partial charge in [0.05, 0.1) is 4.92 Å². The fraction of sp³-hybridized carbons (Fsp3) is 0.444. The summed E-state index contributed by atoms with van der Waals surface area (Å²) in [5.41, 5.74) is 3.92. The third-order valence-corrected chi connectivity index (χ3v) is 4.66. The monoisotopic (exact) mass is 342 g/mol. The highest BCUT2D eigenvalue weighted by atomic mass is 16.6. The van der Waals surface area contributed by atoms with Gasteiger partial charge in [0.2, 0.25) is 5.91 Å². The van der Waals surface area contributed by atoms with E-state index >= 15 is 0 Å². The van der Waals surface area contributed by atoms with Gasteiger partial charge >= 0.3 is 5.69 Å². The van der Waals surface area contributed by atoms with Crippen LogP contribution in [0.5, 0.6) is 0 Å². The average molecular weight is 342 g/mol. The molecule has 0 radical (unpaired) electrons. The topological polar surface area (TPSA) is 81.3 Å². The maximum atomic E-state index is 12.5. The van der Waals surface area contributed by atoms with Gasteiger partial charge in [-0.3, -0.25) is 19.6 Å². The number of aromatic nitrogens is 2. The smallest absolute Gasteiger partial charge is 0.306 e. The Kier molecular flexibility index (Phi) is 4.83. The van der Waals surface area contributed by atoms with Crippen LogP contribution in [-0.4, -0.2) is 32.1 Å². The zero-order valence-corrected chi connectivity index (χ0v) is 14.5. The van der Waals surface area contributed by atoms with Crippen molar-refractivity contribution in [3.63, 3.8) is 0 Å². The number of rotatable bonds is 5. The van der Waals surface area contributed by atoms with Gasteiger partial charge in [-0.2, -0.15) is 5.10 Å². The minimum atomic E-state index is -0.487. The maximum absolute atomic E-state index is 12.5. The minimum Gasteiger partial charge on any atom is -0.338 e. The van der Waals surface area contributed by atoms with Crippen LogP contribution in [0.1, 0.15) is 42.9 Å². The Morgan fingerprint density at radius 2 is 2.20 bits per heavy atom. The SMILES string of the molecule is CC(C)c1cccc2c1CCN(C(=O)CCn1cc([N+](=O)[O-])cn1)C2. The molecule has 0 bridgehead atoms. The van der Waals surface area contributed by atoms with Crippen molar-refractivity contribution in [3.05, 3.63) is 57.4 Å². The Morgan fingerprint density at radius 3 is 2.88 bits per heavy atom. The van der Waals surface area contributed by atoms with E-state index in [9.17, 15) is 14.9 Å². The zero-order valence-electron chi connectivity index (χ0n) is 14.5. The highest BCUT2D eigenvalue weighted by Crippen LogP contribution is 2.27. The summed E-state index contributed by atoms with van der Waals surface area (Å²) in [5.74, 6) is 0.534. The molecule has 3 rings (SSSR count). The molecule has 7 nitrogen and oxygen atoms in total. The Labute approximate surface area is 146 Å². The first-order valence-corrected chi connectivity index (χ1v) is 8.51. The summed E-state index contributed by atoms with van der Waals surface area (Å²) in [6.07, 6.45) is 3.73. The summed E-state index contributed by atoms with van der Waals surface area (Å²) in [5, 5.41) is 14.6. The van der Waals surface area contributed by atoms with Gasteiger partial charge in [0, 0.05) is 26.1 Å². The van der Waals surface area contributed by atoms with Crippen LogP contribution < -0.4 is 0 Å². The highest BCUT2D eigenvalue weighted by molar-refractivity contribution is 5.76. The molecular formula is C18H22N4O3. The lowest BCUT2D eigenvalue weighted by Crippen LogP contribution is -2.36. The second-order valence-corrected chi connectivity index (χ2v) is 6.67. The van der Waals surface area contributed by atoms with Crippen molar-refractivity contribution in [2.75, 3.05) is 6.54 Å². The van der Waals surface area contributed by atoms with Crippen LogP contribution in [0, 0.1) is 10.1 Å². The van der Waals surface area contributed by atoms with Crippen LogP contribution in [0.25, 0.3) is 0 Å². The van der Waals surface area contributed by atoms with Gasteiger partial charge in [-0.1, -0.05) is 32.0 Å². The molecule has 0 saturated carbocycles. The quantitative estimate of drug-likeness (QED) is 0.618. The van der Waals surface area contributed by atoms with Crippen molar-refractivity contribution < 1.29 is 9.72 Å². The second-order valence-electron chi connectivity index (χ2n) is 6.67. The number of aryl methyl sites for hydroxylation is 1. The first kappa shape index (κ1) is 17.1. The highest BCUT2D eigenvalue weighted by Gasteiger charge is 2.23. The second kappa shape index (κ2) is 7.04. The van der Waals surface area contributed by atoms with Crippen molar-refractivity contribution in [2.24, 2.45) is 0 Å². The largest absolute Gasteiger partial charge is 0.338 e. The van der Waals surface area contributed by atoms with Gasteiger partial charge in [-0.05, 0) is 29.0 Å². The molecule has 0 aliphatic carbocycles. The van der Waals surface area contributed by atoms with E-state index in [1.807, 2.05) is 4.90 Å². The van der Waals surface area contributed by atoms with Crippen LogP contribution in [-0.2, 0) is 24.3 Å². The van der Waals surface area contributed by atoms with E-state index in [1.54, 1.807) is 0 Å². The molecule has 0 N–H and O–H groups in total. The van der Waals surface area contributed by atoms with Crippen LogP contribution in [0.4, 0.5) is 5.69 Å².